The highest BCUT2D eigenvalue weighted by molar-refractivity contribution is 7.17. The number of rotatable bonds is 2. The lowest BCUT2D eigenvalue weighted by molar-refractivity contribution is 0.0915. The van der Waals surface area contributed by atoms with E-state index in [1.165, 1.54) is 11.3 Å². The van der Waals surface area contributed by atoms with Gasteiger partial charge >= 0.3 is 0 Å². The number of aromatic nitrogens is 2. The third-order valence-corrected chi connectivity index (χ3v) is 5.40. The molecule has 3 aromatic rings. The number of nitrogens with zero attached hydrogens (tertiary/aromatic N) is 2. The molecular formula is C19H17N3O2S. The van der Waals surface area contributed by atoms with Gasteiger partial charge < -0.3 is 0 Å². The van der Waals surface area contributed by atoms with Crippen LogP contribution in [-0.2, 0) is 6.42 Å². The SMILES string of the molecule is CC1(C)CC(=O)c2sc(NC(=O)c3cccc4ncccc34)nc2C1. The van der Waals surface area contributed by atoms with E-state index in [0.29, 0.717) is 22.0 Å². The van der Waals surface area contributed by atoms with Crippen LogP contribution in [-0.4, -0.2) is 21.7 Å². The van der Waals surface area contributed by atoms with E-state index in [-0.39, 0.29) is 17.1 Å². The van der Waals surface area contributed by atoms with Crippen LogP contribution in [0.25, 0.3) is 10.9 Å². The minimum Gasteiger partial charge on any atom is -0.298 e. The first-order valence-electron chi connectivity index (χ1n) is 8.11. The van der Waals surface area contributed by atoms with E-state index in [1.54, 1.807) is 12.3 Å². The first kappa shape index (κ1) is 15.9. The van der Waals surface area contributed by atoms with Crippen molar-refractivity contribution in [3.63, 3.8) is 0 Å². The van der Waals surface area contributed by atoms with Crippen LogP contribution in [0.4, 0.5) is 5.13 Å². The minimum absolute atomic E-state index is 0.0826. The van der Waals surface area contributed by atoms with Gasteiger partial charge in [0.2, 0.25) is 0 Å². The number of ketones is 1. The lowest BCUT2D eigenvalue weighted by Gasteiger charge is -2.26. The van der Waals surface area contributed by atoms with E-state index in [9.17, 15) is 9.59 Å². The summed E-state index contributed by atoms with van der Waals surface area (Å²) in [6.45, 7) is 4.13. The van der Waals surface area contributed by atoms with Gasteiger partial charge in [0.15, 0.2) is 10.9 Å². The number of benzene rings is 1. The van der Waals surface area contributed by atoms with Gasteiger partial charge in [0, 0.05) is 23.6 Å². The predicted octanol–water partition coefficient (Wildman–Crippen LogP) is 4.10. The molecule has 0 fully saturated rings. The van der Waals surface area contributed by atoms with Crippen LogP contribution in [0.2, 0.25) is 0 Å². The van der Waals surface area contributed by atoms with E-state index in [1.807, 2.05) is 24.3 Å². The first-order chi connectivity index (χ1) is 11.9. The van der Waals surface area contributed by atoms with Crippen molar-refractivity contribution >= 4 is 39.1 Å². The van der Waals surface area contributed by atoms with Crippen LogP contribution < -0.4 is 5.32 Å². The van der Waals surface area contributed by atoms with Crippen molar-refractivity contribution in [2.75, 3.05) is 5.32 Å². The largest absolute Gasteiger partial charge is 0.298 e. The van der Waals surface area contributed by atoms with Crippen LogP contribution in [0, 0.1) is 5.41 Å². The number of Topliss-reactive ketones (excluding diaryl/α,β-unsaturated/α-hetero) is 1. The van der Waals surface area contributed by atoms with Crippen molar-refractivity contribution in [1.82, 2.24) is 9.97 Å². The maximum Gasteiger partial charge on any atom is 0.258 e. The van der Waals surface area contributed by atoms with Gasteiger partial charge in [0.1, 0.15) is 0 Å². The Morgan fingerprint density at radius 1 is 1.20 bits per heavy atom. The highest BCUT2D eigenvalue weighted by Crippen LogP contribution is 2.38. The van der Waals surface area contributed by atoms with E-state index < -0.39 is 0 Å². The van der Waals surface area contributed by atoms with Gasteiger partial charge in [-0.25, -0.2) is 4.98 Å². The number of anilines is 1. The van der Waals surface area contributed by atoms with Gasteiger partial charge in [0.05, 0.1) is 16.1 Å². The molecule has 6 heteroatoms. The summed E-state index contributed by atoms with van der Waals surface area (Å²) in [4.78, 5) is 34.4. The molecule has 0 spiro atoms. The van der Waals surface area contributed by atoms with Crippen molar-refractivity contribution in [2.45, 2.75) is 26.7 Å². The second-order valence-corrected chi connectivity index (χ2v) is 8.06. The van der Waals surface area contributed by atoms with Crippen molar-refractivity contribution in [3.05, 3.63) is 52.7 Å². The van der Waals surface area contributed by atoms with Crippen LogP contribution in [0.5, 0.6) is 0 Å². The zero-order chi connectivity index (χ0) is 17.6. The van der Waals surface area contributed by atoms with Gasteiger partial charge in [0.25, 0.3) is 5.91 Å². The molecule has 0 radical (unpaired) electrons. The van der Waals surface area contributed by atoms with Gasteiger partial charge in [-0.3, -0.25) is 19.9 Å². The lowest BCUT2D eigenvalue weighted by atomic mass is 9.78. The second kappa shape index (κ2) is 5.74. The molecule has 25 heavy (non-hydrogen) atoms. The summed E-state index contributed by atoms with van der Waals surface area (Å²) >= 11 is 1.26. The third-order valence-electron chi connectivity index (χ3n) is 4.35. The van der Waals surface area contributed by atoms with Crippen LogP contribution in [0.15, 0.2) is 36.5 Å². The fraction of sp³-hybridized carbons (Fsp3) is 0.263. The van der Waals surface area contributed by atoms with E-state index in [4.69, 9.17) is 0 Å². The molecular weight excluding hydrogens is 334 g/mol. The highest BCUT2D eigenvalue weighted by Gasteiger charge is 2.34. The van der Waals surface area contributed by atoms with Crippen molar-refractivity contribution in [2.24, 2.45) is 5.41 Å². The Kier molecular flexibility index (Phi) is 3.65. The molecule has 1 N–H and O–H groups in total. The number of nitrogens with one attached hydrogen (secondary N) is 1. The Hall–Kier alpha value is -2.60. The molecule has 2 heterocycles. The van der Waals surface area contributed by atoms with Crippen molar-refractivity contribution in [1.29, 1.82) is 0 Å². The highest BCUT2D eigenvalue weighted by atomic mass is 32.1. The lowest BCUT2D eigenvalue weighted by Crippen LogP contribution is -2.26. The van der Waals surface area contributed by atoms with Gasteiger partial charge in [-0.05, 0) is 30.0 Å². The maximum absolute atomic E-state index is 12.7. The summed E-state index contributed by atoms with van der Waals surface area (Å²) < 4.78 is 0. The number of carbonyl (C=O) groups excluding carboxylic acids is 2. The smallest absolute Gasteiger partial charge is 0.258 e. The number of amides is 1. The molecule has 0 saturated carbocycles. The van der Waals surface area contributed by atoms with Gasteiger partial charge in [-0.2, -0.15) is 0 Å². The van der Waals surface area contributed by atoms with E-state index in [0.717, 1.165) is 23.0 Å². The average Bonchev–Trinajstić information content (AvgIpc) is 2.95. The van der Waals surface area contributed by atoms with E-state index in [2.05, 4.69) is 29.1 Å². The molecule has 0 unspecified atom stereocenters. The zero-order valence-corrected chi connectivity index (χ0v) is 14.8. The third kappa shape index (κ3) is 2.93. The number of hydrogen-bond donors (Lipinski definition) is 1. The Morgan fingerprint density at radius 3 is 2.88 bits per heavy atom. The zero-order valence-electron chi connectivity index (χ0n) is 14.0. The molecule has 0 aliphatic heterocycles. The summed E-state index contributed by atoms with van der Waals surface area (Å²) in [5.74, 6) is -0.130. The minimum atomic E-state index is -0.239. The standard InChI is InChI=1S/C19H17N3O2S/c1-19(2)9-14-16(15(23)10-19)25-18(21-14)22-17(24)12-5-3-7-13-11(12)6-4-8-20-13/h3-8H,9-10H2,1-2H3,(H,21,22,24). The van der Waals surface area contributed by atoms with E-state index >= 15 is 0 Å². The molecule has 1 aliphatic carbocycles. The number of hydrogen-bond acceptors (Lipinski definition) is 5. The molecule has 4 rings (SSSR count). The Morgan fingerprint density at radius 2 is 2.04 bits per heavy atom. The number of fused-ring (bicyclic) bond motifs is 2. The van der Waals surface area contributed by atoms with Crippen molar-refractivity contribution < 1.29 is 9.59 Å². The van der Waals surface area contributed by atoms with Gasteiger partial charge in [-0.1, -0.05) is 37.3 Å². The summed E-state index contributed by atoms with van der Waals surface area (Å²) in [5.41, 5.74) is 2.03. The molecule has 1 aliphatic rings. The predicted molar refractivity (Wildman–Crippen MR) is 98.2 cm³/mol. The molecule has 1 amide bonds. The fourth-order valence-electron chi connectivity index (χ4n) is 3.24. The molecule has 0 saturated heterocycles. The molecule has 5 nitrogen and oxygen atoms in total. The number of thiazole rings is 1. The molecule has 126 valence electrons. The normalized spacial score (nSPS) is 15.8. The number of pyridine rings is 1. The Labute approximate surface area is 149 Å². The topological polar surface area (TPSA) is 72.0 Å². The van der Waals surface area contributed by atoms with Gasteiger partial charge in [-0.15, -0.1) is 0 Å². The van der Waals surface area contributed by atoms with Crippen LogP contribution in [0.1, 0.15) is 46.0 Å². The van der Waals surface area contributed by atoms with Crippen molar-refractivity contribution in [3.8, 4) is 0 Å². The Balaban J connectivity index is 1.65. The summed E-state index contributed by atoms with van der Waals surface area (Å²) in [6.07, 6.45) is 2.97. The maximum atomic E-state index is 12.7. The molecule has 2 aromatic heterocycles. The molecule has 1 aromatic carbocycles. The molecule has 0 bridgehead atoms. The first-order valence-corrected chi connectivity index (χ1v) is 8.93. The quantitative estimate of drug-likeness (QED) is 0.754. The summed E-state index contributed by atoms with van der Waals surface area (Å²) in [6, 6.07) is 9.12. The monoisotopic (exact) mass is 351 g/mol. The summed E-state index contributed by atoms with van der Waals surface area (Å²) in [5, 5.41) is 4.11. The fourth-order valence-corrected chi connectivity index (χ4v) is 4.15. The number of carbonyl (C=O) groups is 2. The average molecular weight is 351 g/mol. The molecule has 0 atom stereocenters. The second-order valence-electron chi connectivity index (χ2n) is 7.07. The van der Waals surface area contributed by atoms with Crippen LogP contribution in [0.3, 0.4) is 0 Å². The Bertz CT molecular complexity index is 1000. The summed E-state index contributed by atoms with van der Waals surface area (Å²) in [7, 11) is 0. The van der Waals surface area contributed by atoms with Crippen LogP contribution >= 0.6 is 11.3 Å².